The molecule has 57 valence electrons. The van der Waals surface area contributed by atoms with Crippen molar-refractivity contribution in [1.29, 1.82) is 0 Å². The molecule has 1 radical (unpaired) electrons. The van der Waals surface area contributed by atoms with Gasteiger partial charge in [0.05, 0.1) is 6.21 Å². The molecule has 0 amide bonds. The van der Waals surface area contributed by atoms with Crippen LogP contribution in [0, 0.1) is 6.92 Å². The molecule has 3 nitrogen and oxygen atoms in total. The fourth-order valence-electron chi connectivity index (χ4n) is 0.810. The summed E-state index contributed by atoms with van der Waals surface area (Å²) in [5, 5.41) is 21.9. The first-order valence-electron chi connectivity index (χ1n) is 3.19. The Morgan fingerprint density at radius 2 is 2.27 bits per heavy atom. The van der Waals surface area contributed by atoms with E-state index in [2.05, 4.69) is 5.16 Å². The number of nitrogens with zero attached hydrogens (tertiary/aromatic N) is 1. The lowest BCUT2D eigenvalue weighted by atomic mass is 10.1. The predicted molar refractivity (Wildman–Crippen MR) is 40.7 cm³/mol. The van der Waals surface area contributed by atoms with Gasteiger partial charge in [-0.15, -0.1) is 0 Å². The van der Waals surface area contributed by atoms with Crippen molar-refractivity contribution in [1.82, 2.24) is 0 Å². The summed E-state index contributed by atoms with van der Waals surface area (Å²) in [7, 11) is 0. The van der Waals surface area contributed by atoms with Crippen molar-refractivity contribution in [2.75, 3.05) is 0 Å². The Balaban J connectivity index is 3.09. The van der Waals surface area contributed by atoms with Crippen molar-refractivity contribution in [3.63, 3.8) is 0 Å². The highest BCUT2D eigenvalue weighted by atomic mass is 16.4. The van der Waals surface area contributed by atoms with E-state index in [0.29, 0.717) is 5.56 Å². The van der Waals surface area contributed by atoms with Crippen LogP contribution in [0.3, 0.4) is 0 Å². The molecular formula is C8H8NO2. The van der Waals surface area contributed by atoms with Gasteiger partial charge in [-0.2, -0.15) is 0 Å². The third kappa shape index (κ3) is 1.70. The van der Waals surface area contributed by atoms with E-state index in [1.165, 1.54) is 6.07 Å². The third-order valence-corrected chi connectivity index (χ3v) is 1.37. The summed E-state index contributed by atoms with van der Waals surface area (Å²) in [5.41, 5.74) is 1.31. The number of rotatable bonds is 1. The summed E-state index contributed by atoms with van der Waals surface area (Å²) in [6, 6.07) is 4.91. The van der Waals surface area contributed by atoms with Crippen LogP contribution >= 0.6 is 0 Å². The van der Waals surface area contributed by atoms with Gasteiger partial charge < -0.3 is 5.21 Å². The minimum absolute atomic E-state index is 0.122. The zero-order chi connectivity index (χ0) is 8.27. The van der Waals surface area contributed by atoms with Crippen molar-refractivity contribution in [3.05, 3.63) is 29.3 Å². The second kappa shape index (κ2) is 3.05. The lowest BCUT2D eigenvalue weighted by Gasteiger charge is -1.94. The molecule has 0 heterocycles. The molecule has 0 aliphatic rings. The summed E-state index contributed by atoms with van der Waals surface area (Å²) >= 11 is 0. The van der Waals surface area contributed by atoms with Crippen LogP contribution < -0.4 is 0 Å². The number of benzene rings is 1. The second-order valence-corrected chi connectivity index (χ2v) is 2.29. The van der Waals surface area contributed by atoms with Crippen molar-refractivity contribution in [2.45, 2.75) is 6.92 Å². The van der Waals surface area contributed by atoms with E-state index in [-0.39, 0.29) is 5.75 Å². The van der Waals surface area contributed by atoms with Gasteiger partial charge in [-0.3, -0.25) is 5.11 Å². The van der Waals surface area contributed by atoms with Gasteiger partial charge in [0.1, 0.15) is 0 Å². The molecule has 0 aliphatic carbocycles. The van der Waals surface area contributed by atoms with Crippen LogP contribution in [0.5, 0.6) is 5.75 Å². The molecule has 3 heteroatoms. The fraction of sp³-hybridized carbons (Fsp3) is 0.125. The van der Waals surface area contributed by atoms with E-state index >= 15 is 0 Å². The van der Waals surface area contributed by atoms with Crippen LogP contribution in [0.15, 0.2) is 23.4 Å². The Morgan fingerprint density at radius 3 is 2.82 bits per heavy atom. The molecule has 0 aliphatic heterocycles. The first kappa shape index (κ1) is 7.60. The van der Waals surface area contributed by atoms with Gasteiger partial charge in [0.15, 0.2) is 5.75 Å². The first-order chi connectivity index (χ1) is 5.24. The lowest BCUT2D eigenvalue weighted by Crippen LogP contribution is -1.81. The molecule has 1 aromatic carbocycles. The standard InChI is InChI=1S/C8H8NO2/c1-6-2-3-7(5-9-11)8(10)4-6/h2-5,11H,1H3. The molecule has 1 aromatic rings. The summed E-state index contributed by atoms with van der Waals surface area (Å²) in [5.74, 6) is -0.122. The van der Waals surface area contributed by atoms with E-state index in [9.17, 15) is 5.11 Å². The highest BCUT2D eigenvalue weighted by Crippen LogP contribution is 2.16. The second-order valence-electron chi connectivity index (χ2n) is 2.29. The molecule has 0 spiro atoms. The van der Waals surface area contributed by atoms with Gasteiger partial charge in [-0.1, -0.05) is 11.2 Å². The SMILES string of the molecule is Cc1ccc(C=NO)c([O])c1. The highest BCUT2D eigenvalue weighted by Gasteiger charge is 1.98. The van der Waals surface area contributed by atoms with Gasteiger partial charge in [-0.05, 0) is 24.6 Å². The van der Waals surface area contributed by atoms with Crippen LogP contribution in [0.2, 0.25) is 0 Å². The summed E-state index contributed by atoms with van der Waals surface area (Å²) < 4.78 is 0. The van der Waals surface area contributed by atoms with Crippen molar-refractivity contribution >= 4 is 6.21 Å². The smallest absolute Gasteiger partial charge is 0.187 e. The largest absolute Gasteiger partial charge is 0.411 e. The lowest BCUT2D eigenvalue weighted by molar-refractivity contribution is 0.320. The average Bonchev–Trinajstić information content (AvgIpc) is 1.95. The monoisotopic (exact) mass is 150 g/mol. The summed E-state index contributed by atoms with van der Waals surface area (Å²) in [6.45, 7) is 1.83. The topological polar surface area (TPSA) is 52.5 Å². The third-order valence-electron chi connectivity index (χ3n) is 1.37. The van der Waals surface area contributed by atoms with Crippen molar-refractivity contribution < 1.29 is 10.3 Å². The molecule has 0 saturated heterocycles. The van der Waals surface area contributed by atoms with Gasteiger partial charge in [0.25, 0.3) is 0 Å². The molecule has 0 fully saturated rings. The Bertz CT molecular complexity index is 281. The maximum atomic E-state index is 11.0. The average molecular weight is 150 g/mol. The number of hydrogen-bond donors (Lipinski definition) is 1. The van der Waals surface area contributed by atoms with E-state index < -0.39 is 0 Å². The molecule has 1 N–H and O–H groups in total. The quantitative estimate of drug-likeness (QED) is 0.371. The summed E-state index contributed by atoms with van der Waals surface area (Å²) in [6.07, 6.45) is 1.13. The van der Waals surface area contributed by atoms with E-state index in [4.69, 9.17) is 5.21 Å². The number of aryl methyl sites for hydroxylation is 1. The predicted octanol–water partition coefficient (Wildman–Crippen LogP) is 1.95. The van der Waals surface area contributed by atoms with Crippen LogP contribution in [0.1, 0.15) is 11.1 Å². The van der Waals surface area contributed by atoms with Gasteiger partial charge >= 0.3 is 0 Å². The summed E-state index contributed by atoms with van der Waals surface area (Å²) in [4.78, 5) is 0. The Kier molecular flexibility index (Phi) is 2.11. The number of oxime groups is 1. The van der Waals surface area contributed by atoms with Gasteiger partial charge in [0, 0.05) is 5.56 Å². The molecule has 11 heavy (non-hydrogen) atoms. The molecule has 0 saturated carbocycles. The maximum Gasteiger partial charge on any atom is 0.187 e. The van der Waals surface area contributed by atoms with Gasteiger partial charge in [0.2, 0.25) is 0 Å². The van der Waals surface area contributed by atoms with Crippen LogP contribution in [0.25, 0.3) is 0 Å². The Labute approximate surface area is 64.6 Å². The highest BCUT2D eigenvalue weighted by molar-refractivity contribution is 5.82. The maximum absolute atomic E-state index is 11.0. The van der Waals surface area contributed by atoms with Crippen LogP contribution in [0.4, 0.5) is 0 Å². The molecule has 0 atom stereocenters. The molecule has 0 bridgehead atoms. The first-order valence-corrected chi connectivity index (χ1v) is 3.19. The molecular weight excluding hydrogens is 142 g/mol. The number of hydrogen-bond acceptors (Lipinski definition) is 2. The minimum atomic E-state index is -0.122. The van der Waals surface area contributed by atoms with E-state index in [1.807, 2.05) is 6.92 Å². The fourth-order valence-corrected chi connectivity index (χ4v) is 0.810. The van der Waals surface area contributed by atoms with Gasteiger partial charge in [-0.25, -0.2) is 0 Å². The van der Waals surface area contributed by atoms with E-state index in [0.717, 1.165) is 11.8 Å². The zero-order valence-corrected chi connectivity index (χ0v) is 6.11. The van der Waals surface area contributed by atoms with Crippen molar-refractivity contribution in [2.24, 2.45) is 5.16 Å². The van der Waals surface area contributed by atoms with Crippen molar-refractivity contribution in [3.8, 4) is 5.75 Å². The minimum Gasteiger partial charge on any atom is -0.411 e. The van der Waals surface area contributed by atoms with E-state index in [1.54, 1.807) is 12.1 Å². The normalized spacial score (nSPS) is 10.6. The zero-order valence-electron chi connectivity index (χ0n) is 6.11. The van der Waals surface area contributed by atoms with Crippen LogP contribution in [-0.2, 0) is 5.11 Å². The Hall–Kier alpha value is -1.51. The van der Waals surface area contributed by atoms with Crippen LogP contribution in [-0.4, -0.2) is 11.4 Å². The molecule has 0 aromatic heterocycles. The Morgan fingerprint density at radius 1 is 1.55 bits per heavy atom. The molecule has 1 rings (SSSR count). The molecule has 0 unspecified atom stereocenters.